The number of rotatable bonds is 6. The fourth-order valence-corrected chi connectivity index (χ4v) is 4.80. The third-order valence-corrected chi connectivity index (χ3v) is 6.01. The number of carbonyl (C=O) groups excluding carboxylic acids is 1. The number of nitrogens with one attached hydrogen (secondary N) is 1. The Bertz CT molecular complexity index is 632. The largest absolute Gasteiger partial charge is 0.374 e. The molecule has 2 aliphatic rings. The van der Waals surface area contributed by atoms with Crippen LogP contribution < -0.4 is 5.32 Å². The van der Waals surface area contributed by atoms with E-state index in [0.29, 0.717) is 18.5 Å². The van der Waals surface area contributed by atoms with Gasteiger partial charge in [0.2, 0.25) is 0 Å². The molecular formula is C22H37N3O2. The summed E-state index contributed by atoms with van der Waals surface area (Å²) in [6, 6.07) is 2.62. The highest BCUT2D eigenvalue weighted by atomic mass is 16.5. The number of hydrogen-bond donors (Lipinski definition) is 1. The SMILES string of the molecule is Cc1cc(C(=O)NCC2CN(CC(C)C)CCO2)c(C)n1C1CCCCC1. The van der Waals surface area contributed by atoms with Crippen LogP contribution >= 0.6 is 0 Å². The summed E-state index contributed by atoms with van der Waals surface area (Å²) in [7, 11) is 0. The second-order valence-electron chi connectivity index (χ2n) is 8.80. The molecule has 3 rings (SSSR count). The Labute approximate surface area is 164 Å². The van der Waals surface area contributed by atoms with Crippen LogP contribution in [0.4, 0.5) is 0 Å². The van der Waals surface area contributed by atoms with Gasteiger partial charge < -0.3 is 14.6 Å². The van der Waals surface area contributed by atoms with E-state index < -0.39 is 0 Å². The molecule has 1 amide bonds. The zero-order valence-corrected chi connectivity index (χ0v) is 17.6. The molecule has 0 spiro atoms. The minimum atomic E-state index is 0.0368. The highest BCUT2D eigenvalue weighted by Gasteiger charge is 2.24. The normalized spacial score (nSPS) is 22.3. The number of nitrogens with zero attached hydrogens (tertiary/aromatic N) is 2. The molecule has 1 saturated carbocycles. The summed E-state index contributed by atoms with van der Waals surface area (Å²) in [5.74, 6) is 0.693. The van der Waals surface area contributed by atoms with Gasteiger partial charge in [-0.05, 0) is 38.7 Å². The van der Waals surface area contributed by atoms with Gasteiger partial charge in [0.05, 0.1) is 18.3 Å². The molecule has 0 aromatic carbocycles. The van der Waals surface area contributed by atoms with E-state index in [1.54, 1.807) is 0 Å². The first-order chi connectivity index (χ1) is 13.0. The molecule has 1 aromatic rings. The minimum Gasteiger partial charge on any atom is -0.374 e. The van der Waals surface area contributed by atoms with Crippen LogP contribution in [0.15, 0.2) is 6.07 Å². The monoisotopic (exact) mass is 375 g/mol. The lowest BCUT2D eigenvalue weighted by atomic mass is 9.95. The van der Waals surface area contributed by atoms with Crippen molar-refractivity contribution >= 4 is 5.91 Å². The van der Waals surface area contributed by atoms with Crippen LogP contribution in [0, 0.1) is 19.8 Å². The second-order valence-corrected chi connectivity index (χ2v) is 8.80. The summed E-state index contributed by atoms with van der Waals surface area (Å²) in [6.45, 7) is 13.0. The number of ether oxygens (including phenoxy) is 1. The first-order valence-electron chi connectivity index (χ1n) is 10.8. The van der Waals surface area contributed by atoms with Crippen LogP contribution in [0.5, 0.6) is 0 Å². The minimum absolute atomic E-state index is 0.0368. The van der Waals surface area contributed by atoms with Gasteiger partial charge in [-0.2, -0.15) is 0 Å². The lowest BCUT2D eigenvalue weighted by Gasteiger charge is -2.34. The summed E-state index contributed by atoms with van der Waals surface area (Å²) in [4.78, 5) is 15.3. The Morgan fingerprint density at radius 3 is 2.70 bits per heavy atom. The molecule has 0 radical (unpaired) electrons. The highest BCUT2D eigenvalue weighted by molar-refractivity contribution is 5.95. The van der Waals surface area contributed by atoms with Crippen molar-refractivity contribution in [2.75, 3.05) is 32.8 Å². The molecule has 5 nitrogen and oxygen atoms in total. The Kier molecular flexibility index (Phi) is 6.99. The third-order valence-electron chi connectivity index (χ3n) is 6.01. The number of hydrogen-bond acceptors (Lipinski definition) is 3. The van der Waals surface area contributed by atoms with E-state index in [4.69, 9.17) is 4.74 Å². The molecule has 2 fully saturated rings. The third kappa shape index (κ3) is 5.14. The first kappa shape index (κ1) is 20.4. The van der Waals surface area contributed by atoms with Crippen LogP contribution in [0.1, 0.15) is 73.7 Å². The predicted molar refractivity (Wildman–Crippen MR) is 109 cm³/mol. The molecule has 1 aromatic heterocycles. The van der Waals surface area contributed by atoms with Crippen LogP contribution in [0.3, 0.4) is 0 Å². The molecule has 1 atom stereocenters. The zero-order valence-electron chi connectivity index (χ0n) is 17.6. The van der Waals surface area contributed by atoms with E-state index in [9.17, 15) is 4.79 Å². The maximum absolute atomic E-state index is 12.8. The van der Waals surface area contributed by atoms with Gasteiger partial charge in [0.1, 0.15) is 0 Å². The summed E-state index contributed by atoms with van der Waals surface area (Å²) in [5, 5.41) is 3.12. The first-order valence-corrected chi connectivity index (χ1v) is 10.8. The van der Waals surface area contributed by atoms with Gasteiger partial charge in [-0.1, -0.05) is 33.1 Å². The molecule has 1 N–H and O–H groups in total. The number of carbonyl (C=O) groups is 1. The standard InChI is InChI=1S/C22H37N3O2/c1-16(2)14-24-10-11-27-20(15-24)13-23-22(26)21-12-17(3)25(18(21)4)19-8-6-5-7-9-19/h12,16,19-20H,5-11,13-15H2,1-4H3,(H,23,26). The van der Waals surface area contributed by atoms with Gasteiger partial charge in [0.25, 0.3) is 5.91 Å². The van der Waals surface area contributed by atoms with E-state index >= 15 is 0 Å². The van der Waals surface area contributed by atoms with Gasteiger partial charge in [-0.25, -0.2) is 0 Å². The molecule has 1 aliphatic carbocycles. The second kappa shape index (κ2) is 9.24. The van der Waals surface area contributed by atoms with Crippen molar-refractivity contribution in [1.82, 2.24) is 14.8 Å². The number of morpholine rings is 1. The average molecular weight is 376 g/mol. The summed E-state index contributed by atoms with van der Waals surface area (Å²) in [5.41, 5.74) is 3.15. The molecule has 2 heterocycles. The Hall–Kier alpha value is -1.33. The Balaban J connectivity index is 1.58. The molecule has 152 valence electrons. The highest BCUT2D eigenvalue weighted by Crippen LogP contribution is 2.32. The maximum atomic E-state index is 12.8. The van der Waals surface area contributed by atoms with Gasteiger partial charge in [0, 0.05) is 43.6 Å². The van der Waals surface area contributed by atoms with Crippen molar-refractivity contribution in [3.63, 3.8) is 0 Å². The van der Waals surface area contributed by atoms with E-state index in [1.165, 1.54) is 37.8 Å². The topological polar surface area (TPSA) is 46.5 Å². The quantitative estimate of drug-likeness (QED) is 0.825. The van der Waals surface area contributed by atoms with Crippen LogP contribution in [-0.4, -0.2) is 54.3 Å². The van der Waals surface area contributed by atoms with E-state index in [-0.39, 0.29) is 12.0 Å². The summed E-state index contributed by atoms with van der Waals surface area (Å²) < 4.78 is 8.27. The van der Waals surface area contributed by atoms with Crippen LogP contribution in [-0.2, 0) is 4.74 Å². The molecule has 5 heteroatoms. The van der Waals surface area contributed by atoms with E-state index in [0.717, 1.165) is 37.5 Å². The van der Waals surface area contributed by atoms with Crippen molar-refractivity contribution in [1.29, 1.82) is 0 Å². The summed E-state index contributed by atoms with van der Waals surface area (Å²) >= 11 is 0. The van der Waals surface area contributed by atoms with E-state index in [1.807, 2.05) is 0 Å². The molecule has 1 saturated heterocycles. The summed E-state index contributed by atoms with van der Waals surface area (Å²) in [6.07, 6.45) is 6.50. The number of aryl methyl sites for hydroxylation is 1. The Morgan fingerprint density at radius 1 is 1.26 bits per heavy atom. The smallest absolute Gasteiger partial charge is 0.253 e. The maximum Gasteiger partial charge on any atom is 0.253 e. The van der Waals surface area contributed by atoms with Crippen molar-refractivity contribution in [2.45, 2.75) is 71.9 Å². The lowest BCUT2D eigenvalue weighted by molar-refractivity contribution is -0.0295. The molecule has 1 unspecified atom stereocenters. The van der Waals surface area contributed by atoms with Crippen molar-refractivity contribution in [3.05, 3.63) is 23.0 Å². The van der Waals surface area contributed by atoms with Gasteiger partial charge in [0.15, 0.2) is 0 Å². The van der Waals surface area contributed by atoms with Crippen molar-refractivity contribution < 1.29 is 9.53 Å². The zero-order chi connectivity index (χ0) is 19.4. The van der Waals surface area contributed by atoms with Crippen LogP contribution in [0.2, 0.25) is 0 Å². The van der Waals surface area contributed by atoms with E-state index in [2.05, 4.69) is 48.5 Å². The molecule has 1 aliphatic heterocycles. The number of amides is 1. The van der Waals surface area contributed by atoms with Crippen molar-refractivity contribution in [2.24, 2.45) is 5.92 Å². The number of aromatic nitrogens is 1. The molecule has 27 heavy (non-hydrogen) atoms. The molecular weight excluding hydrogens is 338 g/mol. The van der Waals surface area contributed by atoms with Gasteiger partial charge in [-0.15, -0.1) is 0 Å². The fraction of sp³-hybridized carbons (Fsp3) is 0.773. The predicted octanol–water partition coefficient (Wildman–Crippen LogP) is 3.70. The molecule has 0 bridgehead atoms. The lowest BCUT2D eigenvalue weighted by Crippen LogP contribution is -2.48. The average Bonchev–Trinajstić information content (AvgIpc) is 2.94. The fourth-order valence-electron chi connectivity index (χ4n) is 4.80. The Morgan fingerprint density at radius 2 is 2.00 bits per heavy atom. The van der Waals surface area contributed by atoms with Gasteiger partial charge in [-0.3, -0.25) is 9.69 Å². The van der Waals surface area contributed by atoms with Crippen molar-refractivity contribution in [3.8, 4) is 0 Å². The van der Waals surface area contributed by atoms with Gasteiger partial charge >= 0.3 is 0 Å². The van der Waals surface area contributed by atoms with Crippen LogP contribution in [0.25, 0.3) is 0 Å².